The second-order valence-electron chi connectivity index (χ2n) is 7.53. The van der Waals surface area contributed by atoms with Crippen molar-refractivity contribution in [2.45, 2.75) is 27.0 Å². The monoisotopic (exact) mass is 491 g/mol. The number of halogens is 5. The van der Waals surface area contributed by atoms with Crippen LogP contribution < -0.4 is 10.1 Å². The lowest BCUT2D eigenvalue weighted by Gasteiger charge is -2.09. The maximum atomic E-state index is 13.7. The minimum Gasteiger partial charge on any atom is -0.479 e. The van der Waals surface area contributed by atoms with Crippen molar-refractivity contribution in [3.05, 3.63) is 100 Å². The predicted molar refractivity (Wildman–Crippen MR) is 113 cm³/mol. The highest BCUT2D eigenvalue weighted by atomic mass is 19.2. The van der Waals surface area contributed by atoms with Gasteiger partial charge in [-0.05, 0) is 38.1 Å². The lowest BCUT2D eigenvalue weighted by Crippen LogP contribution is -2.23. The van der Waals surface area contributed by atoms with Crippen LogP contribution >= 0.6 is 0 Å². The molecule has 2 aromatic carbocycles. The van der Waals surface area contributed by atoms with Crippen LogP contribution in [0.5, 0.6) is 5.75 Å². The van der Waals surface area contributed by atoms with Crippen molar-refractivity contribution in [3.8, 4) is 11.4 Å². The van der Waals surface area contributed by atoms with Gasteiger partial charge >= 0.3 is 0 Å². The second-order valence-corrected chi connectivity index (χ2v) is 7.53. The Morgan fingerprint density at radius 3 is 2.23 bits per heavy atom. The van der Waals surface area contributed by atoms with E-state index in [2.05, 4.69) is 10.4 Å². The van der Waals surface area contributed by atoms with Crippen LogP contribution in [0.4, 0.5) is 22.0 Å². The van der Waals surface area contributed by atoms with Crippen LogP contribution in [0.15, 0.2) is 46.9 Å². The van der Waals surface area contributed by atoms with Gasteiger partial charge in [-0.1, -0.05) is 18.2 Å². The first kappa shape index (κ1) is 24.0. The van der Waals surface area contributed by atoms with E-state index in [9.17, 15) is 26.7 Å². The van der Waals surface area contributed by atoms with E-state index in [-0.39, 0.29) is 18.1 Å². The summed E-state index contributed by atoms with van der Waals surface area (Å²) in [6.45, 7) is 3.17. The molecule has 0 bridgehead atoms. The molecule has 0 aliphatic rings. The quantitative estimate of drug-likeness (QED) is 0.217. The third-order valence-corrected chi connectivity index (χ3v) is 5.28. The predicted octanol–water partition coefficient (Wildman–Crippen LogP) is 5.29. The SMILES string of the molecule is Cc1nn(-c2ccccc2)c(C)c1CNC(=O)c1ccc(COc2c(F)c(F)c(F)c(F)c2F)o1. The highest BCUT2D eigenvalue weighted by Gasteiger charge is 2.27. The molecular weight excluding hydrogens is 473 g/mol. The first-order valence-corrected chi connectivity index (χ1v) is 10.3. The first-order valence-electron chi connectivity index (χ1n) is 10.3. The van der Waals surface area contributed by atoms with Gasteiger partial charge in [-0.25, -0.2) is 17.9 Å². The number of furan rings is 1. The molecule has 0 saturated carbocycles. The molecular formula is C24H18F5N3O3. The van der Waals surface area contributed by atoms with Crippen molar-refractivity contribution in [2.75, 3.05) is 0 Å². The molecule has 4 rings (SSSR count). The van der Waals surface area contributed by atoms with E-state index in [1.165, 1.54) is 12.1 Å². The van der Waals surface area contributed by atoms with Gasteiger partial charge in [-0.2, -0.15) is 13.9 Å². The fourth-order valence-corrected chi connectivity index (χ4v) is 3.44. The van der Waals surface area contributed by atoms with Gasteiger partial charge in [0.15, 0.2) is 11.5 Å². The molecule has 0 saturated heterocycles. The molecule has 0 aliphatic heterocycles. The number of para-hydroxylation sites is 1. The Bertz CT molecular complexity index is 1370. The fourth-order valence-electron chi connectivity index (χ4n) is 3.44. The van der Waals surface area contributed by atoms with E-state index in [0.29, 0.717) is 0 Å². The van der Waals surface area contributed by atoms with Crippen LogP contribution in [-0.2, 0) is 13.2 Å². The summed E-state index contributed by atoms with van der Waals surface area (Å²) < 4.78 is 79.0. The average Bonchev–Trinajstić information content (AvgIpc) is 3.45. The van der Waals surface area contributed by atoms with Crippen LogP contribution in [0.25, 0.3) is 5.69 Å². The van der Waals surface area contributed by atoms with Gasteiger partial charge in [-0.15, -0.1) is 0 Å². The number of hydrogen-bond acceptors (Lipinski definition) is 4. The van der Waals surface area contributed by atoms with Gasteiger partial charge in [0.1, 0.15) is 12.4 Å². The molecule has 0 atom stereocenters. The zero-order valence-electron chi connectivity index (χ0n) is 18.5. The summed E-state index contributed by atoms with van der Waals surface area (Å²) in [5.74, 6) is -13.0. The van der Waals surface area contributed by atoms with Gasteiger partial charge in [0, 0.05) is 17.8 Å². The Balaban J connectivity index is 1.42. The third-order valence-electron chi connectivity index (χ3n) is 5.28. The van der Waals surface area contributed by atoms with Crippen LogP contribution in [0.2, 0.25) is 0 Å². The Labute approximate surface area is 195 Å². The summed E-state index contributed by atoms with van der Waals surface area (Å²) in [5, 5.41) is 7.21. The van der Waals surface area contributed by atoms with Crippen molar-refractivity contribution in [2.24, 2.45) is 0 Å². The van der Waals surface area contributed by atoms with Gasteiger partial charge in [0.25, 0.3) is 5.91 Å². The molecule has 35 heavy (non-hydrogen) atoms. The minimum absolute atomic E-state index is 0.0663. The molecule has 0 unspecified atom stereocenters. The van der Waals surface area contributed by atoms with Crippen LogP contribution in [0, 0.1) is 42.9 Å². The van der Waals surface area contributed by atoms with Crippen LogP contribution in [0.1, 0.15) is 33.3 Å². The summed E-state index contributed by atoms with van der Waals surface area (Å²) in [6.07, 6.45) is 0. The molecule has 0 aliphatic carbocycles. The second kappa shape index (κ2) is 9.61. The molecule has 0 radical (unpaired) electrons. The summed E-state index contributed by atoms with van der Waals surface area (Å²) >= 11 is 0. The molecule has 182 valence electrons. The summed E-state index contributed by atoms with van der Waals surface area (Å²) in [6, 6.07) is 12.0. The number of aryl methyl sites for hydroxylation is 1. The topological polar surface area (TPSA) is 69.3 Å². The number of carbonyl (C=O) groups excluding carboxylic acids is 1. The molecule has 2 heterocycles. The van der Waals surface area contributed by atoms with Crippen LogP contribution in [0.3, 0.4) is 0 Å². The minimum atomic E-state index is -2.29. The summed E-state index contributed by atoms with van der Waals surface area (Å²) in [5.41, 5.74) is 3.24. The number of hydrogen-bond donors (Lipinski definition) is 1. The Hall–Kier alpha value is -4.15. The Morgan fingerprint density at radius 2 is 1.57 bits per heavy atom. The maximum absolute atomic E-state index is 13.7. The molecule has 11 heteroatoms. The van der Waals surface area contributed by atoms with E-state index in [4.69, 9.17) is 9.15 Å². The standard InChI is InChI=1S/C24H18F5N3O3/c1-12-16(13(2)32(31-12)14-6-4-3-5-7-14)10-30-24(33)17-9-8-15(35-17)11-34-23-21(28)19(26)18(25)20(27)22(23)29/h3-9H,10-11H2,1-2H3,(H,30,33). The lowest BCUT2D eigenvalue weighted by atomic mass is 10.2. The average molecular weight is 491 g/mol. The number of nitrogens with zero attached hydrogens (tertiary/aromatic N) is 2. The number of nitrogens with one attached hydrogen (secondary N) is 1. The first-order chi connectivity index (χ1) is 16.7. The van der Waals surface area contributed by atoms with E-state index >= 15 is 0 Å². The summed E-state index contributed by atoms with van der Waals surface area (Å²) in [7, 11) is 0. The fraction of sp³-hybridized carbons (Fsp3) is 0.167. The van der Waals surface area contributed by atoms with Gasteiger partial charge in [-0.3, -0.25) is 4.79 Å². The maximum Gasteiger partial charge on any atom is 0.287 e. The van der Waals surface area contributed by atoms with Crippen molar-refractivity contribution in [1.82, 2.24) is 15.1 Å². The molecule has 0 fully saturated rings. The smallest absolute Gasteiger partial charge is 0.287 e. The van der Waals surface area contributed by atoms with Gasteiger partial charge < -0.3 is 14.5 Å². The largest absolute Gasteiger partial charge is 0.479 e. The molecule has 4 aromatic rings. The molecule has 1 amide bonds. The number of ether oxygens (including phenoxy) is 1. The number of amides is 1. The molecule has 2 aromatic heterocycles. The van der Waals surface area contributed by atoms with Crippen molar-refractivity contribution in [1.29, 1.82) is 0 Å². The van der Waals surface area contributed by atoms with Gasteiger partial charge in [0.2, 0.25) is 29.1 Å². The highest BCUT2D eigenvalue weighted by Crippen LogP contribution is 2.30. The number of rotatable bonds is 7. The number of aromatic nitrogens is 2. The third kappa shape index (κ3) is 4.61. The molecule has 1 N–H and O–H groups in total. The molecule has 0 spiro atoms. The van der Waals surface area contributed by atoms with E-state index in [0.717, 1.165) is 22.6 Å². The number of benzene rings is 2. The van der Waals surface area contributed by atoms with Crippen molar-refractivity contribution < 1.29 is 35.9 Å². The highest BCUT2D eigenvalue weighted by molar-refractivity contribution is 5.91. The lowest BCUT2D eigenvalue weighted by molar-refractivity contribution is 0.0918. The van der Waals surface area contributed by atoms with E-state index < -0.39 is 47.3 Å². The zero-order valence-corrected chi connectivity index (χ0v) is 18.5. The normalized spacial score (nSPS) is 11.1. The van der Waals surface area contributed by atoms with Gasteiger partial charge in [0.05, 0.1) is 11.4 Å². The van der Waals surface area contributed by atoms with Crippen molar-refractivity contribution in [3.63, 3.8) is 0 Å². The number of carbonyl (C=O) groups is 1. The summed E-state index contributed by atoms with van der Waals surface area (Å²) in [4.78, 5) is 12.5. The van der Waals surface area contributed by atoms with E-state index in [1.54, 1.807) is 4.68 Å². The zero-order chi connectivity index (χ0) is 25.3. The van der Waals surface area contributed by atoms with Crippen LogP contribution in [-0.4, -0.2) is 15.7 Å². The Morgan fingerprint density at radius 1 is 0.943 bits per heavy atom. The van der Waals surface area contributed by atoms with E-state index in [1.807, 2.05) is 44.2 Å². The molecule has 6 nitrogen and oxygen atoms in total. The Kier molecular flexibility index (Phi) is 6.59. The van der Waals surface area contributed by atoms with Crippen molar-refractivity contribution >= 4 is 5.91 Å².